The summed E-state index contributed by atoms with van der Waals surface area (Å²) in [5.41, 5.74) is -2.36. The van der Waals surface area contributed by atoms with Crippen LogP contribution in [0.4, 0.5) is 13.2 Å². The predicted molar refractivity (Wildman–Crippen MR) is 98.8 cm³/mol. The molecule has 0 saturated heterocycles. The lowest BCUT2D eigenvalue weighted by atomic mass is 9.98. The third kappa shape index (κ3) is 4.80. The van der Waals surface area contributed by atoms with Gasteiger partial charge >= 0.3 is 6.18 Å². The van der Waals surface area contributed by atoms with E-state index in [1.54, 1.807) is 30.3 Å². The van der Waals surface area contributed by atoms with Gasteiger partial charge in [0.05, 0.1) is 19.0 Å². The summed E-state index contributed by atoms with van der Waals surface area (Å²) >= 11 is 0.661. The minimum absolute atomic E-state index is 0.163. The number of benzene rings is 1. The van der Waals surface area contributed by atoms with Crippen LogP contribution in [-0.4, -0.2) is 36.9 Å². The molecule has 2 heterocycles. The number of aromatic nitrogens is 4. The molecule has 1 amide bonds. The standard InChI is InChI=1S/C18H18F3N5O2S/c1-12-9-29-16(24-12)17(28,18(19,20)21)7-15(27)25-14(8-26-11-22-10-23-26)13-5-3-2-4-6-13/h2-6,9-11,14,28H,7-8H2,1H3,(H,25,27). The molecule has 2 atom stereocenters. The Bertz CT molecular complexity index is 946. The van der Waals surface area contributed by atoms with E-state index in [0.29, 0.717) is 22.6 Å². The van der Waals surface area contributed by atoms with Crippen LogP contribution in [0, 0.1) is 6.92 Å². The first-order valence-electron chi connectivity index (χ1n) is 8.57. The minimum Gasteiger partial charge on any atom is -0.374 e. The highest BCUT2D eigenvalue weighted by Crippen LogP contribution is 2.42. The molecule has 0 aliphatic rings. The number of alkyl halides is 3. The third-order valence-electron chi connectivity index (χ3n) is 4.23. The molecule has 1 aromatic carbocycles. The number of amides is 1. The van der Waals surface area contributed by atoms with Crippen molar-refractivity contribution in [2.75, 3.05) is 0 Å². The van der Waals surface area contributed by atoms with Gasteiger partial charge in [-0.1, -0.05) is 30.3 Å². The smallest absolute Gasteiger partial charge is 0.374 e. The Morgan fingerprint density at radius 3 is 2.59 bits per heavy atom. The van der Waals surface area contributed by atoms with Crippen LogP contribution in [0.1, 0.15) is 28.7 Å². The van der Waals surface area contributed by atoms with Gasteiger partial charge in [0, 0.05) is 11.1 Å². The molecule has 0 radical (unpaired) electrons. The van der Waals surface area contributed by atoms with Crippen LogP contribution in [0.5, 0.6) is 0 Å². The second-order valence-corrected chi connectivity index (χ2v) is 7.34. The van der Waals surface area contributed by atoms with E-state index in [0.717, 1.165) is 0 Å². The number of carbonyl (C=O) groups is 1. The molecule has 2 unspecified atom stereocenters. The van der Waals surface area contributed by atoms with Crippen molar-refractivity contribution >= 4 is 17.2 Å². The van der Waals surface area contributed by atoms with Gasteiger partial charge in [-0.15, -0.1) is 11.3 Å². The fraction of sp³-hybridized carbons (Fsp3) is 0.333. The molecule has 3 aromatic rings. The summed E-state index contributed by atoms with van der Waals surface area (Å²) in [7, 11) is 0. The van der Waals surface area contributed by atoms with Gasteiger partial charge in [-0.2, -0.15) is 18.3 Å². The van der Waals surface area contributed by atoms with Gasteiger partial charge in [0.25, 0.3) is 0 Å². The second-order valence-electron chi connectivity index (χ2n) is 6.48. The van der Waals surface area contributed by atoms with Gasteiger partial charge in [-0.25, -0.2) is 9.97 Å². The molecule has 0 spiro atoms. The van der Waals surface area contributed by atoms with Gasteiger partial charge < -0.3 is 10.4 Å². The first-order chi connectivity index (χ1) is 13.7. The lowest BCUT2D eigenvalue weighted by Crippen LogP contribution is -2.47. The van der Waals surface area contributed by atoms with E-state index in [9.17, 15) is 23.1 Å². The Morgan fingerprint density at radius 1 is 1.31 bits per heavy atom. The van der Waals surface area contributed by atoms with Gasteiger partial charge in [-0.05, 0) is 12.5 Å². The van der Waals surface area contributed by atoms with E-state index in [2.05, 4.69) is 20.4 Å². The zero-order chi connectivity index (χ0) is 21.1. The molecule has 3 rings (SSSR count). The topological polar surface area (TPSA) is 92.9 Å². The fourth-order valence-corrected chi connectivity index (χ4v) is 3.67. The number of rotatable bonds is 7. The Labute approximate surface area is 168 Å². The normalized spacial score (nSPS) is 14.9. The molecule has 0 aliphatic carbocycles. The van der Waals surface area contributed by atoms with E-state index in [-0.39, 0.29) is 6.54 Å². The summed E-state index contributed by atoms with van der Waals surface area (Å²) in [6.45, 7) is 1.68. The van der Waals surface area contributed by atoms with Crippen molar-refractivity contribution in [2.45, 2.75) is 37.7 Å². The maximum atomic E-state index is 13.6. The summed E-state index contributed by atoms with van der Waals surface area (Å²) in [5.74, 6) is -0.966. The minimum atomic E-state index is -5.07. The highest BCUT2D eigenvalue weighted by atomic mass is 32.1. The van der Waals surface area contributed by atoms with Crippen LogP contribution in [0.3, 0.4) is 0 Å². The average molecular weight is 425 g/mol. The predicted octanol–water partition coefficient (Wildman–Crippen LogP) is 2.74. The van der Waals surface area contributed by atoms with E-state index in [4.69, 9.17) is 0 Å². The molecule has 29 heavy (non-hydrogen) atoms. The van der Waals surface area contributed by atoms with Crippen LogP contribution in [0.2, 0.25) is 0 Å². The molecule has 7 nitrogen and oxygen atoms in total. The highest BCUT2D eigenvalue weighted by molar-refractivity contribution is 7.09. The lowest BCUT2D eigenvalue weighted by Gasteiger charge is -2.29. The molecule has 0 aliphatic heterocycles. The van der Waals surface area contributed by atoms with Crippen LogP contribution < -0.4 is 5.32 Å². The molecule has 0 saturated carbocycles. The number of hydrogen-bond donors (Lipinski definition) is 2. The van der Waals surface area contributed by atoms with Gasteiger partial charge in [0.1, 0.15) is 17.7 Å². The molecule has 2 N–H and O–H groups in total. The van der Waals surface area contributed by atoms with Crippen LogP contribution in [0.25, 0.3) is 0 Å². The largest absolute Gasteiger partial charge is 0.424 e. The first-order valence-corrected chi connectivity index (χ1v) is 9.45. The number of nitrogens with one attached hydrogen (secondary N) is 1. The molecular formula is C18H18F3N5O2S. The Hall–Kier alpha value is -2.79. The monoisotopic (exact) mass is 425 g/mol. The zero-order valence-corrected chi connectivity index (χ0v) is 16.1. The number of nitrogens with zero attached hydrogens (tertiary/aromatic N) is 4. The van der Waals surface area contributed by atoms with Gasteiger partial charge in [0.2, 0.25) is 11.5 Å². The third-order valence-corrected chi connectivity index (χ3v) is 5.34. The van der Waals surface area contributed by atoms with Crippen molar-refractivity contribution in [3.8, 4) is 0 Å². The molecule has 2 aromatic heterocycles. The SMILES string of the molecule is Cc1csc(C(O)(CC(=O)NC(Cn2cncn2)c2ccccc2)C(F)(F)F)n1. The second kappa shape index (κ2) is 8.29. The number of carbonyl (C=O) groups excluding carboxylic acids is 1. The summed E-state index contributed by atoms with van der Waals surface area (Å²) in [4.78, 5) is 20.1. The van der Waals surface area contributed by atoms with Crippen molar-refractivity contribution < 1.29 is 23.1 Å². The van der Waals surface area contributed by atoms with Crippen molar-refractivity contribution in [3.63, 3.8) is 0 Å². The number of thiazole rings is 1. The Kier molecular flexibility index (Phi) is 5.99. The summed E-state index contributed by atoms with van der Waals surface area (Å²) in [6.07, 6.45) is -3.52. The van der Waals surface area contributed by atoms with Crippen LogP contribution in [-0.2, 0) is 16.9 Å². The highest BCUT2D eigenvalue weighted by Gasteiger charge is 2.58. The number of halogens is 3. The average Bonchev–Trinajstić information content (AvgIpc) is 3.32. The van der Waals surface area contributed by atoms with Gasteiger partial charge in [-0.3, -0.25) is 9.48 Å². The van der Waals surface area contributed by atoms with Crippen LogP contribution >= 0.6 is 11.3 Å². The summed E-state index contributed by atoms with van der Waals surface area (Å²) in [5, 5.41) is 17.7. The maximum Gasteiger partial charge on any atom is 0.424 e. The van der Waals surface area contributed by atoms with Crippen molar-refractivity contribution in [1.82, 2.24) is 25.1 Å². The lowest BCUT2D eigenvalue weighted by molar-refractivity contribution is -0.267. The number of aryl methyl sites for hydroxylation is 1. The Balaban J connectivity index is 1.83. The molecular weight excluding hydrogens is 407 g/mol. The zero-order valence-electron chi connectivity index (χ0n) is 15.3. The van der Waals surface area contributed by atoms with E-state index in [1.807, 2.05) is 0 Å². The van der Waals surface area contributed by atoms with Gasteiger partial charge in [0.15, 0.2) is 0 Å². The van der Waals surface area contributed by atoms with E-state index in [1.165, 1.54) is 29.6 Å². The van der Waals surface area contributed by atoms with Crippen molar-refractivity contribution in [1.29, 1.82) is 0 Å². The first kappa shape index (κ1) is 20.9. The molecule has 0 fully saturated rings. The molecule has 11 heteroatoms. The molecule has 154 valence electrons. The van der Waals surface area contributed by atoms with Crippen molar-refractivity contribution in [3.05, 3.63) is 64.6 Å². The quantitative estimate of drug-likeness (QED) is 0.607. The maximum absolute atomic E-state index is 13.6. The summed E-state index contributed by atoms with van der Waals surface area (Å²) in [6, 6.07) is 8.09. The van der Waals surface area contributed by atoms with Crippen LogP contribution in [0.15, 0.2) is 48.4 Å². The van der Waals surface area contributed by atoms with E-state index >= 15 is 0 Å². The van der Waals surface area contributed by atoms with Crippen molar-refractivity contribution in [2.24, 2.45) is 0 Å². The Morgan fingerprint density at radius 2 is 2.03 bits per heavy atom. The summed E-state index contributed by atoms with van der Waals surface area (Å²) < 4.78 is 42.4. The fourth-order valence-electron chi connectivity index (χ4n) is 2.75. The number of aliphatic hydroxyl groups is 1. The number of hydrogen-bond acceptors (Lipinski definition) is 6. The molecule has 0 bridgehead atoms. The van der Waals surface area contributed by atoms with E-state index < -0.39 is 35.2 Å².